The molecule has 6 heteroatoms. The van der Waals surface area contributed by atoms with Crippen LogP contribution in [0.2, 0.25) is 0 Å². The Bertz CT molecular complexity index is 344. The summed E-state index contributed by atoms with van der Waals surface area (Å²) in [4.78, 5) is 0. The number of nitrogens with two attached hydrogens (primary N) is 1. The van der Waals surface area contributed by atoms with Crippen molar-refractivity contribution in [3.05, 3.63) is 18.4 Å². The first-order valence-corrected chi connectivity index (χ1v) is 5.30. The molecule has 0 aliphatic heterocycles. The van der Waals surface area contributed by atoms with Crippen molar-refractivity contribution in [2.24, 2.45) is 5.73 Å². The average molecular weight is 204 g/mol. The van der Waals surface area contributed by atoms with Crippen LogP contribution in [0, 0.1) is 0 Å². The molecule has 1 aromatic heterocycles. The monoisotopic (exact) mass is 204 g/mol. The van der Waals surface area contributed by atoms with Crippen molar-refractivity contribution in [2.75, 3.05) is 6.54 Å². The van der Waals surface area contributed by atoms with Crippen molar-refractivity contribution in [3.8, 4) is 0 Å². The van der Waals surface area contributed by atoms with Crippen LogP contribution in [-0.4, -0.2) is 21.0 Å². The molecular weight excluding hydrogens is 192 g/mol. The smallest absolute Gasteiger partial charge is 0.274 e. The maximum absolute atomic E-state index is 11.4. The van der Waals surface area contributed by atoms with Crippen molar-refractivity contribution in [3.63, 3.8) is 0 Å². The van der Waals surface area contributed by atoms with Crippen LogP contribution in [-0.2, 0) is 10.0 Å². The second kappa shape index (κ2) is 3.91. The highest BCUT2D eigenvalue weighted by atomic mass is 32.2. The standard InChI is InChI=1S/C7H12N2O3S/c1-6(5-8)9-13(10,11)7-3-2-4-12-7/h2-4,6,9H,5,8H2,1H3/t6-/m0/s1. The first-order chi connectivity index (χ1) is 6.06. The zero-order chi connectivity index (χ0) is 9.90. The predicted molar refractivity (Wildman–Crippen MR) is 47.5 cm³/mol. The minimum absolute atomic E-state index is 0.0900. The third-order valence-corrected chi connectivity index (χ3v) is 2.94. The number of furan rings is 1. The van der Waals surface area contributed by atoms with Gasteiger partial charge in [0.15, 0.2) is 0 Å². The van der Waals surface area contributed by atoms with E-state index in [1.165, 1.54) is 18.4 Å². The quantitative estimate of drug-likeness (QED) is 0.717. The van der Waals surface area contributed by atoms with E-state index in [0.29, 0.717) is 0 Å². The van der Waals surface area contributed by atoms with Crippen molar-refractivity contribution < 1.29 is 12.8 Å². The summed E-state index contributed by atoms with van der Waals surface area (Å²) in [6.45, 7) is 1.93. The highest BCUT2D eigenvalue weighted by Gasteiger charge is 2.18. The fourth-order valence-electron chi connectivity index (χ4n) is 0.787. The molecule has 0 saturated carbocycles. The lowest BCUT2D eigenvalue weighted by Crippen LogP contribution is -2.37. The number of sulfonamides is 1. The topological polar surface area (TPSA) is 85.3 Å². The maximum atomic E-state index is 11.4. The Kier molecular flexibility index (Phi) is 3.07. The van der Waals surface area contributed by atoms with Gasteiger partial charge in [-0.05, 0) is 19.1 Å². The summed E-state index contributed by atoms with van der Waals surface area (Å²) >= 11 is 0. The Labute approximate surface area is 77.0 Å². The summed E-state index contributed by atoms with van der Waals surface area (Å²) in [5.74, 6) is 0. The third kappa shape index (κ3) is 2.55. The lowest BCUT2D eigenvalue weighted by Gasteiger charge is -2.09. The molecule has 13 heavy (non-hydrogen) atoms. The van der Waals surface area contributed by atoms with Gasteiger partial charge < -0.3 is 10.2 Å². The Balaban J connectivity index is 2.79. The normalized spacial score (nSPS) is 14.3. The molecule has 74 valence electrons. The zero-order valence-electron chi connectivity index (χ0n) is 7.23. The minimum atomic E-state index is -3.52. The summed E-state index contributed by atoms with van der Waals surface area (Å²) < 4.78 is 29.9. The van der Waals surface area contributed by atoms with Crippen LogP contribution in [0.4, 0.5) is 0 Å². The van der Waals surface area contributed by atoms with Gasteiger partial charge in [-0.2, -0.15) is 0 Å². The van der Waals surface area contributed by atoms with Crippen LogP contribution in [0.3, 0.4) is 0 Å². The minimum Gasteiger partial charge on any atom is -0.452 e. The molecule has 0 unspecified atom stereocenters. The molecule has 3 N–H and O–H groups in total. The number of hydrogen-bond acceptors (Lipinski definition) is 4. The summed E-state index contributed by atoms with van der Waals surface area (Å²) in [6, 6.07) is 2.60. The molecule has 0 radical (unpaired) electrons. The molecule has 0 spiro atoms. The fourth-order valence-corrected chi connectivity index (χ4v) is 1.97. The van der Waals surface area contributed by atoms with Gasteiger partial charge in [0.05, 0.1) is 6.26 Å². The summed E-state index contributed by atoms with van der Waals surface area (Å²) in [5, 5.41) is -0.0900. The van der Waals surface area contributed by atoms with E-state index < -0.39 is 10.0 Å². The molecule has 0 aliphatic carbocycles. The Morgan fingerprint density at radius 1 is 1.69 bits per heavy atom. The van der Waals surface area contributed by atoms with Gasteiger partial charge in [0, 0.05) is 12.6 Å². The first-order valence-electron chi connectivity index (χ1n) is 3.82. The average Bonchev–Trinajstić information content (AvgIpc) is 2.55. The molecule has 0 saturated heterocycles. The van der Waals surface area contributed by atoms with Crippen LogP contribution < -0.4 is 10.5 Å². The summed E-state index contributed by atoms with van der Waals surface area (Å²) in [5.41, 5.74) is 5.28. The highest BCUT2D eigenvalue weighted by molar-refractivity contribution is 7.89. The van der Waals surface area contributed by atoms with E-state index in [0.717, 1.165) is 0 Å². The van der Waals surface area contributed by atoms with E-state index in [-0.39, 0.29) is 17.7 Å². The molecule has 0 fully saturated rings. The van der Waals surface area contributed by atoms with Crippen molar-refractivity contribution in [1.82, 2.24) is 4.72 Å². The molecule has 0 aliphatic rings. The third-order valence-electron chi connectivity index (χ3n) is 1.47. The van der Waals surface area contributed by atoms with Crippen LogP contribution >= 0.6 is 0 Å². The van der Waals surface area contributed by atoms with E-state index in [1.807, 2.05) is 0 Å². The molecule has 1 heterocycles. The Morgan fingerprint density at radius 3 is 2.85 bits per heavy atom. The second-order valence-corrected chi connectivity index (χ2v) is 4.34. The van der Waals surface area contributed by atoms with Gasteiger partial charge >= 0.3 is 0 Å². The van der Waals surface area contributed by atoms with Crippen LogP contribution in [0.25, 0.3) is 0 Å². The SMILES string of the molecule is C[C@@H](CN)NS(=O)(=O)c1ccco1. The number of hydrogen-bond donors (Lipinski definition) is 2. The van der Waals surface area contributed by atoms with Crippen LogP contribution in [0.15, 0.2) is 27.9 Å². The van der Waals surface area contributed by atoms with E-state index in [4.69, 9.17) is 10.2 Å². The fraction of sp³-hybridized carbons (Fsp3) is 0.429. The summed E-state index contributed by atoms with van der Waals surface area (Å²) in [6.07, 6.45) is 1.31. The van der Waals surface area contributed by atoms with Gasteiger partial charge in [0.1, 0.15) is 0 Å². The van der Waals surface area contributed by atoms with Gasteiger partial charge in [-0.25, -0.2) is 13.1 Å². The second-order valence-electron chi connectivity index (χ2n) is 2.69. The van der Waals surface area contributed by atoms with Crippen molar-refractivity contribution >= 4 is 10.0 Å². The Hall–Kier alpha value is -0.850. The molecular formula is C7H12N2O3S. The lowest BCUT2D eigenvalue weighted by atomic mass is 10.4. The van der Waals surface area contributed by atoms with Gasteiger partial charge in [-0.1, -0.05) is 0 Å². The van der Waals surface area contributed by atoms with E-state index in [9.17, 15) is 8.42 Å². The molecule has 0 aromatic carbocycles. The predicted octanol–water partition coefficient (Wildman–Crippen LogP) is -0.0949. The van der Waals surface area contributed by atoms with Crippen LogP contribution in [0.5, 0.6) is 0 Å². The summed E-state index contributed by atoms with van der Waals surface area (Å²) in [7, 11) is -3.52. The molecule has 1 rings (SSSR count). The van der Waals surface area contributed by atoms with E-state index >= 15 is 0 Å². The number of rotatable bonds is 4. The zero-order valence-corrected chi connectivity index (χ0v) is 8.04. The first kappa shape index (κ1) is 10.2. The Morgan fingerprint density at radius 2 is 2.38 bits per heavy atom. The van der Waals surface area contributed by atoms with Crippen molar-refractivity contribution in [1.29, 1.82) is 0 Å². The largest absolute Gasteiger partial charge is 0.452 e. The molecule has 0 amide bonds. The molecule has 0 bridgehead atoms. The highest BCUT2D eigenvalue weighted by Crippen LogP contribution is 2.08. The molecule has 5 nitrogen and oxygen atoms in total. The maximum Gasteiger partial charge on any atom is 0.274 e. The van der Waals surface area contributed by atoms with Gasteiger partial charge in [-0.3, -0.25) is 0 Å². The molecule has 1 aromatic rings. The molecule has 1 atom stereocenters. The van der Waals surface area contributed by atoms with Crippen molar-refractivity contribution in [2.45, 2.75) is 18.1 Å². The van der Waals surface area contributed by atoms with Crippen LogP contribution in [0.1, 0.15) is 6.92 Å². The number of nitrogens with one attached hydrogen (secondary N) is 1. The van der Waals surface area contributed by atoms with Gasteiger partial charge in [-0.15, -0.1) is 0 Å². The lowest BCUT2D eigenvalue weighted by molar-refractivity contribution is 0.442. The van der Waals surface area contributed by atoms with E-state index in [2.05, 4.69) is 4.72 Å². The van der Waals surface area contributed by atoms with E-state index in [1.54, 1.807) is 6.92 Å². The van der Waals surface area contributed by atoms with Gasteiger partial charge in [0.25, 0.3) is 10.0 Å². The van der Waals surface area contributed by atoms with Gasteiger partial charge in [0.2, 0.25) is 5.09 Å².